The van der Waals surface area contributed by atoms with Crippen LogP contribution in [0.2, 0.25) is 5.02 Å². The van der Waals surface area contributed by atoms with Crippen molar-refractivity contribution in [3.8, 4) is 10.4 Å². The van der Waals surface area contributed by atoms with E-state index < -0.39 is 5.97 Å². The third kappa shape index (κ3) is 5.75. The molecule has 0 bridgehead atoms. The number of anilines is 1. The fourth-order valence-electron chi connectivity index (χ4n) is 4.36. The van der Waals surface area contributed by atoms with Gasteiger partial charge in [-0.05, 0) is 66.6 Å². The lowest BCUT2D eigenvalue weighted by Gasteiger charge is -2.35. The monoisotopic (exact) mass is 482 g/mol. The first-order valence-electron chi connectivity index (χ1n) is 11.1. The van der Waals surface area contributed by atoms with Crippen molar-refractivity contribution in [1.82, 2.24) is 5.32 Å². The molecular formula is C26H27ClN2O3S. The van der Waals surface area contributed by atoms with E-state index in [1.54, 1.807) is 0 Å². The van der Waals surface area contributed by atoms with Crippen molar-refractivity contribution in [1.29, 1.82) is 0 Å². The number of nitrogens with one attached hydrogen (secondary N) is 1. The number of carboxylic acids is 1. The van der Waals surface area contributed by atoms with Crippen molar-refractivity contribution in [2.45, 2.75) is 26.2 Å². The third-order valence-electron chi connectivity index (χ3n) is 6.00. The minimum atomic E-state index is -0.826. The van der Waals surface area contributed by atoms with Crippen LogP contribution in [0.25, 0.3) is 10.4 Å². The van der Waals surface area contributed by atoms with Gasteiger partial charge in [0, 0.05) is 35.2 Å². The molecule has 2 heterocycles. The number of halogens is 1. The fraction of sp³-hybridized carbons (Fsp3) is 0.308. The standard InChI is InChI=1S/C26H27ClN2O3S/c1-17-13-23(19-8-10-21(27)11-9-19)33-25(17)26(32)28-15-18-5-4-12-29(16-18)22-7-3-2-6-20(22)14-24(30)31/h2-3,6-11,13,18H,4-5,12,14-16H2,1H3,(H,28,32)(H,30,31). The Bertz CT molecular complexity index is 1140. The SMILES string of the molecule is Cc1cc(-c2ccc(Cl)cc2)sc1C(=O)NCC1CCCN(c2ccccc2CC(=O)O)C1. The Balaban J connectivity index is 1.39. The largest absolute Gasteiger partial charge is 0.481 e. The molecule has 1 amide bonds. The molecule has 1 fully saturated rings. The van der Waals surface area contributed by atoms with Gasteiger partial charge in [-0.25, -0.2) is 0 Å². The average molecular weight is 483 g/mol. The van der Waals surface area contributed by atoms with E-state index in [0.717, 1.165) is 58.1 Å². The van der Waals surface area contributed by atoms with E-state index in [2.05, 4.69) is 10.2 Å². The molecule has 1 aliphatic heterocycles. The fourth-order valence-corrected chi connectivity index (χ4v) is 5.58. The maximum Gasteiger partial charge on any atom is 0.307 e. The minimum absolute atomic E-state index is 0.0156. The van der Waals surface area contributed by atoms with Crippen molar-refractivity contribution < 1.29 is 14.7 Å². The Morgan fingerprint density at radius 3 is 2.70 bits per heavy atom. The Kier molecular flexibility index (Phi) is 7.36. The number of rotatable bonds is 7. The minimum Gasteiger partial charge on any atom is -0.481 e. The summed E-state index contributed by atoms with van der Waals surface area (Å²) >= 11 is 7.49. The molecule has 0 radical (unpaired) electrons. The van der Waals surface area contributed by atoms with Gasteiger partial charge in [-0.15, -0.1) is 11.3 Å². The van der Waals surface area contributed by atoms with E-state index in [0.29, 0.717) is 17.5 Å². The summed E-state index contributed by atoms with van der Waals surface area (Å²) in [5.41, 5.74) is 3.83. The maximum absolute atomic E-state index is 12.9. The molecule has 1 aromatic heterocycles. The van der Waals surface area contributed by atoms with Gasteiger partial charge in [-0.2, -0.15) is 0 Å². The van der Waals surface area contributed by atoms with Gasteiger partial charge in [0.15, 0.2) is 0 Å². The lowest BCUT2D eigenvalue weighted by molar-refractivity contribution is -0.136. The number of para-hydroxylation sites is 1. The van der Waals surface area contributed by atoms with Crippen LogP contribution in [0, 0.1) is 12.8 Å². The van der Waals surface area contributed by atoms with Crippen LogP contribution in [0.4, 0.5) is 5.69 Å². The molecule has 1 saturated heterocycles. The predicted molar refractivity (Wildman–Crippen MR) is 135 cm³/mol. The van der Waals surface area contributed by atoms with Crippen molar-refractivity contribution in [3.63, 3.8) is 0 Å². The van der Waals surface area contributed by atoms with Gasteiger partial charge in [-0.3, -0.25) is 9.59 Å². The summed E-state index contributed by atoms with van der Waals surface area (Å²) < 4.78 is 0. The number of hydrogen-bond acceptors (Lipinski definition) is 4. The molecule has 3 aromatic rings. The smallest absolute Gasteiger partial charge is 0.307 e. The number of carbonyl (C=O) groups excluding carboxylic acids is 1. The third-order valence-corrected chi connectivity index (χ3v) is 7.53. The van der Waals surface area contributed by atoms with Crippen LogP contribution in [0.3, 0.4) is 0 Å². The number of hydrogen-bond donors (Lipinski definition) is 2. The first kappa shape index (κ1) is 23.3. The molecule has 1 aliphatic rings. The first-order valence-corrected chi connectivity index (χ1v) is 12.3. The van der Waals surface area contributed by atoms with Gasteiger partial charge >= 0.3 is 5.97 Å². The lowest BCUT2D eigenvalue weighted by Crippen LogP contribution is -2.41. The molecule has 172 valence electrons. The average Bonchev–Trinajstić information content (AvgIpc) is 3.20. The Hall–Kier alpha value is -2.83. The van der Waals surface area contributed by atoms with Gasteiger partial charge in [0.1, 0.15) is 0 Å². The van der Waals surface area contributed by atoms with Crippen LogP contribution >= 0.6 is 22.9 Å². The Morgan fingerprint density at radius 2 is 1.94 bits per heavy atom. The Morgan fingerprint density at radius 1 is 1.18 bits per heavy atom. The summed E-state index contributed by atoms with van der Waals surface area (Å²) in [6.07, 6.45) is 2.07. The highest BCUT2D eigenvalue weighted by Crippen LogP contribution is 2.32. The number of benzene rings is 2. The highest BCUT2D eigenvalue weighted by molar-refractivity contribution is 7.17. The number of amides is 1. The molecule has 33 heavy (non-hydrogen) atoms. The first-order chi connectivity index (χ1) is 15.9. The molecule has 1 atom stereocenters. The van der Waals surface area contributed by atoms with Crippen LogP contribution < -0.4 is 10.2 Å². The molecule has 0 aliphatic carbocycles. The van der Waals surface area contributed by atoms with E-state index in [9.17, 15) is 14.7 Å². The molecule has 4 rings (SSSR count). The number of aryl methyl sites for hydroxylation is 1. The van der Waals surface area contributed by atoms with Gasteiger partial charge in [0.25, 0.3) is 5.91 Å². The summed E-state index contributed by atoms with van der Waals surface area (Å²) in [4.78, 5) is 28.2. The quantitative estimate of drug-likeness (QED) is 0.456. The highest BCUT2D eigenvalue weighted by Gasteiger charge is 2.23. The Labute approximate surface area is 203 Å². The summed E-state index contributed by atoms with van der Waals surface area (Å²) in [5.74, 6) is -0.551. The van der Waals surface area contributed by atoms with Crippen LogP contribution in [0.5, 0.6) is 0 Å². The summed E-state index contributed by atoms with van der Waals surface area (Å²) in [6.45, 7) is 4.27. The number of carbonyl (C=O) groups is 2. The molecular weight excluding hydrogens is 456 g/mol. The van der Waals surface area contributed by atoms with Crippen LogP contribution in [-0.4, -0.2) is 36.6 Å². The van der Waals surface area contributed by atoms with Crippen LogP contribution in [0.15, 0.2) is 54.6 Å². The highest BCUT2D eigenvalue weighted by atomic mass is 35.5. The maximum atomic E-state index is 12.9. The summed E-state index contributed by atoms with van der Waals surface area (Å²) in [7, 11) is 0. The van der Waals surface area contributed by atoms with E-state index in [1.165, 1.54) is 11.3 Å². The zero-order valence-electron chi connectivity index (χ0n) is 18.5. The normalized spacial score (nSPS) is 15.9. The number of carboxylic acid groups (broad SMARTS) is 1. The molecule has 2 aromatic carbocycles. The number of aliphatic carboxylic acids is 1. The molecule has 0 spiro atoms. The molecule has 0 saturated carbocycles. The van der Waals surface area contributed by atoms with Gasteiger partial charge in [-0.1, -0.05) is 41.9 Å². The van der Waals surface area contributed by atoms with E-state index in [-0.39, 0.29) is 12.3 Å². The second-order valence-corrected chi connectivity index (χ2v) is 9.98. The molecule has 5 nitrogen and oxygen atoms in total. The zero-order chi connectivity index (χ0) is 23.4. The van der Waals surface area contributed by atoms with E-state index in [4.69, 9.17) is 11.6 Å². The summed E-state index contributed by atoms with van der Waals surface area (Å²) in [5, 5.41) is 13.1. The molecule has 7 heteroatoms. The van der Waals surface area contributed by atoms with E-state index in [1.807, 2.05) is 61.5 Å². The second-order valence-electron chi connectivity index (χ2n) is 8.49. The van der Waals surface area contributed by atoms with Crippen molar-refractivity contribution in [3.05, 3.63) is 75.6 Å². The van der Waals surface area contributed by atoms with Crippen molar-refractivity contribution in [2.24, 2.45) is 5.92 Å². The van der Waals surface area contributed by atoms with Gasteiger partial charge in [0.2, 0.25) is 0 Å². The van der Waals surface area contributed by atoms with Crippen LogP contribution in [0.1, 0.15) is 33.6 Å². The predicted octanol–water partition coefficient (Wildman–Crippen LogP) is 5.65. The number of nitrogens with zero attached hydrogens (tertiary/aromatic N) is 1. The number of thiophene rings is 1. The van der Waals surface area contributed by atoms with Crippen molar-refractivity contribution in [2.75, 3.05) is 24.5 Å². The molecule has 2 N–H and O–H groups in total. The summed E-state index contributed by atoms with van der Waals surface area (Å²) in [6, 6.07) is 17.4. The van der Waals surface area contributed by atoms with E-state index >= 15 is 0 Å². The zero-order valence-corrected chi connectivity index (χ0v) is 20.1. The van der Waals surface area contributed by atoms with Gasteiger partial charge in [0.05, 0.1) is 11.3 Å². The van der Waals surface area contributed by atoms with Crippen LogP contribution in [-0.2, 0) is 11.2 Å². The van der Waals surface area contributed by atoms with Crippen molar-refractivity contribution >= 4 is 40.5 Å². The topological polar surface area (TPSA) is 69.6 Å². The lowest BCUT2D eigenvalue weighted by atomic mass is 9.96. The van der Waals surface area contributed by atoms with Gasteiger partial charge < -0.3 is 15.3 Å². The molecule has 1 unspecified atom stereocenters. The number of piperidine rings is 1. The second kappa shape index (κ2) is 10.4.